The maximum absolute atomic E-state index is 13.4. The topological polar surface area (TPSA) is 67.4 Å². The van der Waals surface area contributed by atoms with Gasteiger partial charge in [0, 0.05) is 17.0 Å². The van der Waals surface area contributed by atoms with E-state index >= 15 is 0 Å². The van der Waals surface area contributed by atoms with E-state index in [1.54, 1.807) is 0 Å². The number of hydrogen-bond acceptors (Lipinski definition) is 5. The summed E-state index contributed by atoms with van der Waals surface area (Å²) in [6.45, 7) is 1.16. The maximum Gasteiger partial charge on any atom is 0.419 e. The molecular weight excluding hydrogens is 388 g/mol. The zero-order valence-electron chi connectivity index (χ0n) is 14.0. The Labute approximate surface area is 155 Å². The lowest BCUT2D eigenvalue weighted by Crippen LogP contribution is -2.23. The van der Waals surface area contributed by atoms with Crippen LogP contribution in [0.4, 0.5) is 22.6 Å². The smallest absolute Gasteiger partial charge is 0.419 e. The number of alkyl halides is 3. The molecule has 1 amide bonds. The summed E-state index contributed by atoms with van der Waals surface area (Å²) in [6.07, 6.45) is -4.37. The number of nitrogens with one attached hydrogen (secondary N) is 2. The van der Waals surface area contributed by atoms with Gasteiger partial charge in [0.25, 0.3) is 5.91 Å². The minimum atomic E-state index is -4.93. The number of hydrogen-bond donors (Lipinski definition) is 2. The number of carbonyl (C=O) groups excluding carboxylic acids is 2. The van der Waals surface area contributed by atoms with Crippen LogP contribution in [0.15, 0.2) is 18.2 Å². The molecule has 144 valence electrons. The third-order valence-corrected chi connectivity index (χ3v) is 5.23. The lowest BCUT2D eigenvalue weighted by Gasteiger charge is -2.13. The number of halogens is 4. The van der Waals surface area contributed by atoms with E-state index in [1.807, 2.05) is 0 Å². The Morgan fingerprint density at radius 1 is 1.30 bits per heavy atom. The minimum absolute atomic E-state index is 0.193. The molecule has 1 aliphatic heterocycles. The van der Waals surface area contributed by atoms with Gasteiger partial charge in [-0.15, -0.1) is 11.3 Å². The lowest BCUT2D eigenvalue weighted by atomic mass is 10.0. The Kier molecular flexibility index (Phi) is 5.20. The number of anilines is 1. The van der Waals surface area contributed by atoms with Gasteiger partial charge in [-0.3, -0.25) is 4.79 Å². The molecular formula is C17H14F4N2O3S. The summed E-state index contributed by atoms with van der Waals surface area (Å²) in [5.41, 5.74) is -0.955. The molecule has 0 saturated heterocycles. The van der Waals surface area contributed by atoms with Crippen LogP contribution >= 0.6 is 11.3 Å². The zero-order valence-corrected chi connectivity index (χ0v) is 14.8. The van der Waals surface area contributed by atoms with Gasteiger partial charge in [0.05, 0.1) is 18.2 Å². The molecule has 0 radical (unpaired) electrons. The summed E-state index contributed by atoms with van der Waals surface area (Å²) in [6, 6.07) is 1.98. The van der Waals surface area contributed by atoms with Crippen molar-refractivity contribution in [1.29, 1.82) is 0 Å². The first-order valence-corrected chi connectivity index (χ1v) is 8.65. The van der Waals surface area contributed by atoms with Gasteiger partial charge in [0.15, 0.2) is 0 Å². The van der Waals surface area contributed by atoms with Crippen molar-refractivity contribution in [2.24, 2.45) is 0 Å². The van der Waals surface area contributed by atoms with E-state index < -0.39 is 29.4 Å². The quantitative estimate of drug-likeness (QED) is 0.608. The highest BCUT2D eigenvalue weighted by molar-refractivity contribution is 7.17. The molecule has 1 aromatic carbocycles. The van der Waals surface area contributed by atoms with Crippen LogP contribution in [0.1, 0.15) is 36.7 Å². The fraction of sp³-hybridized carbons (Fsp3) is 0.294. The number of fused-ring (bicyclic) bond motifs is 1. The summed E-state index contributed by atoms with van der Waals surface area (Å²) >= 11 is 1.15. The van der Waals surface area contributed by atoms with Crippen molar-refractivity contribution in [3.8, 4) is 0 Å². The van der Waals surface area contributed by atoms with Crippen LogP contribution in [-0.2, 0) is 23.9 Å². The Balaban J connectivity index is 1.95. The summed E-state index contributed by atoms with van der Waals surface area (Å²) in [5.74, 6) is -2.98. The van der Waals surface area contributed by atoms with E-state index in [-0.39, 0.29) is 16.1 Å². The van der Waals surface area contributed by atoms with Gasteiger partial charge in [0.1, 0.15) is 10.8 Å². The molecule has 1 aliphatic rings. The first-order valence-electron chi connectivity index (χ1n) is 7.84. The van der Waals surface area contributed by atoms with E-state index in [9.17, 15) is 27.2 Å². The molecule has 2 heterocycles. The Morgan fingerprint density at radius 2 is 2.04 bits per heavy atom. The Bertz CT molecular complexity index is 908. The number of carbonyl (C=O) groups is 2. The number of thiophene rings is 1. The molecule has 0 aliphatic carbocycles. The van der Waals surface area contributed by atoms with E-state index in [1.165, 1.54) is 7.11 Å². The first kappa shape index (κ1) is 19.3. The molecule has 27 heavy (non-hydrogen) atoms. The monoisotopic (exact) mass is 402 g/mol. The largest absolute Gasteiger partial charge is 0.465 e. The van der Waals surface area contributed by atoms with Crippen LogP contribution in [0.5, 0.6) is 0 Å². The number of ether oxygens (including phenoxy) is 1. The number of benzene rings is 1. The van der Waals surface area contributed by atoms with E-state index in [2.05, 4.69) is 10.6 Å². The van der Waals surface area contributed by atoms with Gasteiger partial charge >= 0.3 is 12.1 Å². The van der Waals surface area contributed by atoms with Crippen molar-refractivity contribution in [3.05, 3.63) is 51.1 Å². The lowest BCUT2D eigenvalue weighted by molar-refractivity contribution is -0.140. The molecule has 0 saturated carbocycles. The third-order valence-electron chi connectivity index (χ3n) is 4.08. The van der Waals surface area contributed by atoms with Crippen molar-refractivity contribution in [2.75, 3.05) is 19.0 Å². The van der Waals surface area contributed by atoms with Crippen molar-refractivity contribution < 1.29 is 31.9 Å². The van der Waals surface area contributed by atoms with Gasteiger partial charge in [-0.1, -0.05) is 0 Å². The third kappa shape index (κ3) is 3.81. The molecule has 0 unspecified atom stereocenters. The molecule has 10 heteroatoms. The van der Waals surface area contributed by atoms with Crippen LogP contribution in [0, 0.1) is 5.82 Å². The number of methoxy groups -OCH3 is 1. The molecule has 0 spiro atoms. The fourth-order valence-electron chi connectivity index (χ4n) is 2.80. The molecule has 0 fully saturated rings. The average Bonchev–Trinajstić information content (AvgIpc) is 2.98. The number of amides is 1. The predicted octanol–water partition coefficient (Wildman–Crippen LogP) is 3.59. The highest BCUT2D eigenvalue weighted by atomic mass is 32.1. The Hall–Kier alpha value is -2.46. The SMILES string of the molecule is COC(=O)c1c(NC(=O)c2ccc(F)c(C(F)(F)F)c2)sc2c1CCNC2. The summed E-state index contributed by atoms with van der Waals surface area (Å²) in [5, 5.41) is 5.78. The molecule has 2 aromatic rings. The van der Waals surface area contributed by atoms with Crippen LogP contribution in [0.2, 0.25) is 0 Å². The van der Waals surface area contributed by atoms with Gasteiger partial charge < -0.3 is 15.4 Å². The van der Waals surface area contributed by atoms with Crippen molar-refractivity contribution >= 4 is 28.2 Å². The average molecular weight is 402 g/mol. The van der Waals surface area contributed by atoms with Crippen molar-refractivity contribution in [1.82, 2.24) is 5.32 Å². The molecule has 0 atom stereocenters. The molecule has 1 aromatic heterocycles. The summed E-state index contributed by atoms with van der Waals surface area (Å²) in [4.78, 5) is 25.4. The van der Waals surface area contributed by atoms with Gasteiger partial charge in [-0.05, 0) is 36.7 Å². The van der Waals surface area contributed by atoms with E-state index in [0.717, 1.165) is 27.8 Å². The minimum Gasteiger partial charge on any atom is -0.465 e. The number of rotatable bonds is 3. The zero-order chi connectivity index (χ0) is 19.8. The molecule has 5 nitrogen and oxygen atoms in total. The molecule has 0 bridgehead atoms. The fourth-order valence-corrected chi connectivity index (χ4v) is 4.00. The van der Waals surface area contributed by atoms with Gasteiger partial charge in [0.2, 0.25) is 0 Å². The first-order chi connectivity index (χ1) is 12.7. The van der Waals surface area contributed by atoms with Crippen LogP contribution < -0.4 is 10.6 Å². The Morgan fingerprint density at radius 3 is 2.70 bits per heavy atom. The second kappa shape index (κ2) is 7.28. The van der Waals surface area contributed by atoms with Crippen LogP contribution in [-0.4, -0.2) is 25.5 Å². The second-order valence-corrected chi connectivity index (χ2v) is 6.88. The molecule has 2 N–H and O–H groups in total. The van der Waals surface area contributed by atoms with Crippen molar-refractivity contribution in [3.63, 3.8) is 0 Å². The van der Waals surface area contributed by atoms with E-state index in [4.69, 9.17) is 4.74 Å². The standard InChI is InChI=1S/C17H14F4N2O3S/c1-26-16(25)13-9-4-5-22-7-12(9)27-15(13)23-14(24)8-2-3-11(18)10(6-8)17(19,20)21/h2-3,6,22H,4-5,7H2,1H3,(H,23,24). The highest BCUT2D eigenvalue weighted by Crippen LogP contribution is 2.37. The predicted molar refractivity (Wildman–Crippen MR) is 90.4 cm³/mol. The summed E-state index contributed by atoms with van der Waals surface area (Å²) in [7, 11) is 1.20. The number of esters is 1. The van der Waals surface area contributed by atoms with Gasteiger partial charge in [-0.2, -0.15) is 13.2 Å². The van der Waals surface area contributed by atoms with E-state index in [0.29, 0.717) is 31.6 Å². The van der Waals surface area contributed by atoms with Crippen molar-refractivity contribution in [2.45, 2.75) is 19.1 Å². The normalized spacial score (nSPS) is 13.8. The van der Waals surface area contributed by atoms with Crippen LogP contribution in [0.25, 0.3) is 0 Å². The highest BCUT2D eigenvalue weighted by Gasteiger charge is 2.35. The maximum atomic E-state index is 13.4. The molecule has 3 rings (SSSR count). The van der Waals surface area contributed by atoms with Crippen LogP contribution in [0.3, 0.4) is 0 Å². The summed E-state index contributed by atoms with van der Waals surface area (Å²) < 4.78 is 56.7. The van der Waals surface area contributed by atoms with Gasteiger partial charge in [-0.25, -0.2) is 9.18 Å². The second-order valence-electron chi connectivity index (χ2n) is 5.77.